The van der Waals surface area contributed by atoms with Gasteiger partial charge in [-0.05, 0) is 36.3 Å². The van der Waals surface area contributed by atoms with E-state index in [2.05, 4.69) is 29.6 Å². The fraction of sp³-hybridized carbons (Fsp3) is 0.571. The van der Waals surface area contributed by atoms with Gasteiger partial charge in [0.25, 0.3) is 0 Å². The van der Waals surface area contributed by atoms with Crippen LogP contribution in [0.1, 0.15) is 18.4 Å². The van der Waals surface area contributed by atoms with Crippen molar-refractivity contribution in [2.24, 2.45) is 0 Å². The lowest BCUT2D eigenvalue weighted by Crippen LogP contribution is -2.18. The van der Waals surface area contributed by atoms with Crippen molar-refractivity contribution in [3.63, 3.8) is 0 Å². The zero-order chi connectivity index (χ0) is 13.1. The second-order valence-electron chi connectivity index (χ2n) is 4.10. The standard InChI is InChI=1S/C14H23NO2S/c1-17-9-7-15-12-13-5-4-6-14(11-13)18-10-3-2-8-16/h4-6,11,15-16H,2-3,7-10,12H2,1H3. The van der Waals surface area contributed by atoms with Crippen LogP contribution in [-0.2, 0) is 11.3 Å². The number of hydrogen-bond acceptors (Lipinski definition) is 4. The molecule has 0 unspecified atom stereocenters. The lowest BCUT2D eigenvalue weighted by atomic mass is 10.2. The summed E-state index contributed by atoms with van der Waals surface area (Å²) in [6.07, 6.45) is 1.96. The summed E-state index contributed by atoms with van der Waals surface area (Å²) in [5, 5.41) is 12.1. The Morgan fingerprint density at radius 2 is 2.22 bits per heavy atom. The average Bonchev–Trinajstić information content (AvgIpc) is 2.40. The summed E-state index contributed by atoms with van der Waals surface area (Å²) in [5.74, 6) is 1.07. The van der Waals surface area contributed by atoms with Crippen LogP contribution in [-0.4, -0.2) is 37.7 Å². The molecule has 0 atom stereocenters. The van der Waals surface area contributed by atoms with E-state index in [1.807, 2.05) is 11.8 Å². The smallest absolute Gasteiger partial charge is 0.0587 e. The second-order valence-corrected chi connectivity index (χ2v) is 5.26. The first-order valence-corrected chi connectivity index (χ1v) is 7.37. The van der Waals surface area contributed by atoms with E-state index in [1.54, 1.807) is 7.11 Å². The van der Waals surface area contributed by atoms with Crippen LogP contribution in [0.2, 0.25) is 0 Å². The third-order valence-corrected chi connectivity index (χ3v) is 3.61. The van der Waals surface area contributed by atoms with Gasteiger partial charge in [-0.3, -0.25) is 0 Å². The first kappa shape index (κ1) is 15.5. The van der Waals surface area contributed by atoms with Crippen molar-refractivity contribution in [1.29, 1.82) is 0 Å². The molecule has 4 heteroatoms. The summed E-state index contributed by atoms with van der Waals surface area (Å²) in [6.45, 7) is 2.80. The van der Waals surface area contributed by atoms with Gasteiger partial charge in [0, 0.05) is 31.7 Å². The Bertz CT molecular complexity index is 293. The largest absolute Gasteiger partial charge is 0.396 e. The predicted molar refractivity (Wildman–Crippen MR) is 77.1 cm³/mol. The maximum atomic E-state index is 8.72. The quantitative estimate of drug-likeness (QED) is 0.505. The molecule has 0 aliphatic rings. The molecule has 0 spiro atoms. The van der Waals surface area contributed by atoms with E-state index < -0.39 is 0 Å². The van der Waals surface area contributed by atoms with Crippen LogP contribution in [0.4, 0.5) is 0 Å². The Labute approximate surface area is 114 Å². The van der Waals surface area contributed by atoms with Crippen LogP contribution in [0, 0.1) is 0 Å². The topological polar surface area (TPSA) is 41.5 Å². The van der Waals surface area contributed by atoms with E-state index in [-0.39, 0.29) is 0 Å². The summed E-state index contributed by atoms with van der Waals surface area (Å²) < 4.78 is 4.99. The molecule has 1 aromatic carbocycles. The van der Waals surface area contributed by atoms with Gasteiger partial charge in [0.2, 0.25) is 0 Å². The van der Waals surface area contributed by atoms with E-state index in [1.165, 1.54) is 10.5 Å². The van der Waals surface area contributed by atoms with Crippen LogP contribution < -0.4 is 5.32 Å². The molecule has 0 aliphatic carbocycles. The van der Waals surface area contributed by atoms with Crippen LogP contribution in [0.25, 0.3) is 0 Å². The number of ether oxygens (including phenoxy) is 1. The molecule has 102 valence electrons. The van der Waals surface area contributed by atoms with Gasteiger partial charge in [0.15, 0.2) is 0 Å². The van der Waals surface area contributed by atoms with Gasteiger partial charge in [-0.1, -0.05) is 12.1 Å². The van der Waals surface area contributed by atoms with Gasteiger partial charge in [0.1, 0.15) is 0 Å². The minimum absolute atomic E-state index is 0.296. The maximum Gasteiger partial charge on any atom is 0.0587 e. The molecular formula is C14H23NO2S. The molecule has 0 saturated heterocycles. The van der Waals surface area contributed by atoms with Crippen molar-refractivity contribution in [2.45, 2.75) is 24.3 Å². The second kappa shape index (κ2) is 10.4. The van der Waals surface area contributed by atoms with Crippen LogP contribution in [0.15, 0.2) is 29.2 Å². The normalized spacial score (nSPS) is 10.8. The number of rotatable bonds is 10. The summed E-state index contributed by atoms with van der Waals surface area (Å²) in [5.41, 5.74) is 1.30. The van der Waals surface area contributed by atoms with E-state index in [9.17, 15) is 0 Å². The Hall–Kier alpha value is -0.550. The van der Waals surface area contributed by atoms with Crippen molar-refractivity contribution < 1.29 is 9.84 Å². The highest BCUT2D eigenvalue weighted by atomic mass is 32.2. The molecule has 0 aliphatic heterocycles. The zero-order valence-corrected chi connectivity index (χ0v) is 11.8. The average molecular weight is 269 g/mol. The summed E-state index contributed by atoms with van der Waals surface area (Å²) in [6, 6.07) is 8.60. The first-order valence-electron chi connectivity index (χ1n) is 6.39. The highest BCUT2D eigenvalue weighted by Crippen LogP contribution is 2.20. The Kier molecular flexibility index (Phi) is 8.94. The molecule has 0 aromatic heterocycles. The number of methoxy groups -OCH3 is 1. The van der Waals surface area contributed by atoms with Crippen molar-refractivity contribution >= 4 is 11.8 Å². The predicted octanol–water partition coefficient (Wildman–Crippen LogP) is 2.29. The molecule has 3 nitrogen and oxygen atoms in total. The van der Waals surface area contributed by atoms with Crippen LogP contribution >= 0.6 is 11.8 Å². The molecule has 18 heavy (non-hydrogen) atoms. The van der Waals surface area contributed by atoms with E-state index in [0.29, 0.717) is 6.61 Å². The molecule has 1 aromatic rings. The molecule has 1 rings (SSSR count). The summed E-state index contributed by atoms with van der Waals surface area (Å²) in [7, 11) is 1.71. The van der Waals surface area contributed by atoms with E-state index in [4.69, 9.17) is 9.84 Å². The monoisotopic (exact) mass is 269 g/mol. The first-order chi connectivity index (χ1) is 8.86. The van der Waals surface area contributed by atoms with Gasteiger partial charge >= 0.3 is 0 Å². The molecule has 0 saturated carbocycles. The van der Waals surface area contributed by atoms with Gasteiger partial charge < -0.3 is 15.2 Å². The SMILES string of the molecule is COCCNCc1cccc(SCCCCO)c1. The molecule has 0 bridgehead atoms. The Morgan fingerprint density at radius 1 is 1.33 bits per heavy atom. The molecule has 0 radical (unpaired) electrons. The van der Waals surface area contributed by atoms with Gasteiger partial charge in [0.05, 0.1) is 6.61 Å². The van der Waals surface area contributed by atoms with Gasteiger partial charge in [-0.2, -0.15) is 0 Å². The molecule has 0 amide bonds. The number of aliphatic hydroxyl groups excluding tert-OH is 1. The molecular weight excluding hydrogens is 246 g/mol. The highest BCUT2D eigenvalue weighted by Gasteiger charge is 1.97. The number of thioether (sulfide) groups is 1. The van der Waals surface area contributed by atoms with Crippen molar-refractivity contribution in [3.05, 3.63) is 29.8 Å². The lowest BCUT2D eigenvalue weighted by molar-refractivity contribution is 0.199. The number of unbranched alkanes of at least 4 members (excludes halogenated alkanes) is 1. The molecule has 2 N–H and O–H groups in total. The van der Waals surface area contributed by atoms with Crippen LogP contribution in [0.3, 0.4) is 0 Å². The van der Waals surface area contributed by atoms with E-state index >= 15 is 0 Å². The number of hydrogen-bond donors (Lipinski definition) is 2. The fourth-order valence-corrected chi connectivity index (χ4v) is 2.55. The molecule has 0 heterocycles. The third kappa shape index (κ3) is 7.01. The van der Waals surface area contributed by atoms with Crippen molar-refractivity contribution in [1.82, 2.24) is 5.32 Å². The van der Waals surface area contributed by atoms with Crippen molar-refractivity contribution in [2.75, 3.05) is 32.6 Å². The van der Waals surface area contributed by atoms with Gasteiger partial charge in [-0.25, -0.2) is 0 Å². The van der Waals surface area contributed by atoms with Crippen molar-refractivity contribution in [3.8, 4) is 0 Å². The Balaban J connectivity index is 2.27. The summed E-state index contributed by atoms with van der Waals surface area (Å²) >= 11 is 1.85. The maximum absolute atomic E-state index is 8.72. The van der Waals surface area contributed by atoms with E-state index in [0.717, 1.165) is 38.3 Å². The number of nitrogens with one attached hydrogen (secondary N) is 1. The highest BCUT2D eigenvalue weighted by molar-refractivity contribution is 7.99. The van der Waals surface area contributed by atoms with Crippen LogP contribution in [0.5, 0.6) is 0 Å². The number of benzene rings is 1. The minimum atomic E-state index is 0.296. The third-order valence-electron chi connectivity index (χ3n) is 2.53. The number of aliphatic hydroxyl groups is 1. The summed E-state index contributed by atoms with van der Waals surface area (Å²) in [4.78, 5) is 1.30. The molecule has 0 fully saturated rings. The minimum Gasteiger partial charge on any atom is -0.396 e. The fourth-order valence-electron chi connectivity index (χ4n) is 1.56. The zero-order valence-electron chi connectivity index (χ0n) is 11.0. The Morgan fingerprint density at radius 3 is 3.00 bits per heavy atom. The van der Waals surface area contributed by atoms with Gasteiger partial charge in [-0.15, -0.1) is 11.8 Å². The lowest BCUT2D eigenvalue weighted by Gasteiger charge is -2.06.